The zero-order valence-corrected chi connectivity index (χ0v) is 10.6. The Labute approximate surface area is 110 Å². The van der Waals surface area contributed by atoms with Crippen LogP contribution in [0, 0.1) is 0 Å². The lowest BCUT2D eigenvalue weighted by Gasteiger charge is -2.09. The molecule has 98 valence electrons. The summed E-state index contributed by atoms with van der Waals surface area (Å²) in [6.45, 7) is 0. The van der Waals surface area contributed by atoms with Crippen LogP contribution in [0.3, 0.4) is 0 Å². The molecule has 0 amide bonds. The Morgan fingerprint density at radius 1 is 1.16 bits per heavy atom. The summed E-state index contributed by atoms with van der Waals surface area (Å²) in [6, 6.07) is 8.20. The van der Waals surface area contributed by atoms with Crippen molar-refractivity contribution in [2.75, 3.05) is 14.2 Å². The molecule has 5 heteroatoms. The fourth-order valence-electron chi connectivity index (χ4n) is 1.73. The van der Waals surface area contributed by atoms with Gasteiger partial charge in [-0.05, 0) is 24.3 Å². The molecule has 0 aliphatic heterocycles. The maximum absolute atomic E-state index is 11.0. The molecule has 2 rings (SSSR count). The summed E-state index contributed by atoms with van der Waals surface area (Å²) < 4.78 is 10.2. The van der Waals surface area contributed by atoms with E-state index >= 15 is 0 Å². The summed E-state index contributed by atoms with van der Waals surface area (Å²) in [6.07, 6.45) is 1.61. The molecule has 5 nitrogen and oxygen atoms in total. The molecule has 0 aliphatic carbocycles. The summed E-state index contributed by atoms with van der Waals surface area (Å²) in [7, 11) is 3.07. The molecule has 0 unspecified atom stereocenters. The number of aromatic carboxylic acids is 1. The lowest BCUT2D eigenvalue weighted by molar-refractivity contribution is 0.0697. The van der Waals surface area contributed by atoms with Crippen molar-refractivity contribution < 1.29 is 19.4 Å². The molecular weight excluding hydrogens is 246 g/mol. The highest BCUT2D eigenvalue weighted by atomic mass is 16.5. The second-order valence-electron chi connectivity index (χ2n) is 3.81. The zero-order chi connectivity index (χ0) is 13.8. The van der Waals surface area contributed by atoms with E-state index in [4.69, 9.17) is 14.6 Å². The predicted octanol–water partition coefficient (Wildman–Crippen LogP) is 2.46. The number of rotatable bonds is 4. The van der Waals surface area contributed by atoms with Gasteiger partial charge in [-0.3, -0.25) is 0 Å². The number of carboxylic acids is 1. The van der Waals surface area contributed by atoms with Crippen LogP contribution in [0.1, 0.15) is 10.4 Å². The Morgan fingerprint density at radius 3 is 2.47 bits per heavy atom. The molecule has 0 saturated heterocycles. The Morgan fingerprint density at radius 2 is 1.95 bits per heavy atom. The number of hydrogen-bond acceptors (Lipinski definition) is 4. The van der Waals surface area contributed by atoms with Crippen molar-refractivity contribution in [1.82, 2.24) is 4.98 Å². The van der Waals surface area contributed by atoms with Crippen LogP contribution in [0.2, 0.25) is 0 Å². The maximum Gasteiger partial charge on any atom is 0.335 e. The van der Waals surface area contributed by atoms with Gasteiger partial charge in [0.05, 0.1) is 19.8 Å². The van der Waals surface area contributed by atoms with E-state index in [-0.39, 0.29) is 5.56 Å². The van der Waals surface area contributed by atoms with E-state index in [2.05, 4.69) is 4.98 Å². The minimum atomic E-state index is -0.981. The third-order valence-corrected chi connectivity index (χ3v) is 2.70. The van der Waals surface area contributed by atoms with Gasteiger partial charge in [-0.1, -0.05) is 0 Å². The van der Waals surface area contributed by atoms with Crippen LogP contribution in [0.5, 0.6) is 11.6 Å². The SMILES string of the molecule is COc1ccc(-c2cc(C(=O)O)ccc2OC)cn1. The number of nitrogens with zero attached hydrogens (tertiary/aromatic N) is 1. The van der Waals surface area contributed by atoms with Crippen LogP contribution < -0.4 is 9.47 Å². The topological polar surface area (TPSA) is 68.7 Å². The Kier molecular flexibility index (Phi) is 3.66. The third kappa shape index (κ3) is 2.65. The molecule has 0 aliphatic rings. The number of ether oxygens (including phenoxy) is 2. The van der Waals surface area contributed by atoms with Gasteiger partial charge in [0.1, 0.15) is 5.75 Å². The van der Waals surface area contributed by atoms with Crippen molar-refractivity contribution in [2.24, 2.45) is 0 Å². The van der Waals surface area contributed by atoms with Gasteiger partial charge < -0.3 is 14.6 Å². The molecule has 0 fully saturated rings. The van der Waals surface area contributed by atoms with Crippen molar-refractivity contribution in [2.45, 2.75) is 0 Å². The van der Waals surface area contributed by atoms with Gasteiger partial charge in [-0.25, -0.2) is 9.78 Å². The summed E-state index contributed by atoms with van der Waals surface area (Å²) >= 11 is 0. The quantitative estimate of drug-likeness (QED) is 0.913. The van der Waals surface area contributed by atoms with Gasteiger partial charge >= 0.3 is 5.97 Å². The molecule has 1 aromatic carbocycles. The van der Waals surface area contributed by atoms with Crippen molar-refractivity contribution >= 4 is 5.97 Å². The summed E-state index contributed by atoms with van der Waals surface area (Å²) in [5.41, 5.74) is 1.64. The Balaban J connectivity index is 2.51. The van der Waals surface area contributed by atoms with Gasteiger partial charge in [-0.15, -0.1) is 0 Å². The number of aromatic nitrogens is 1. The largest absolute Gasteiger partial charge is 0.496 e. The highest BCUT2D eigenvalue weighted by Crippen LogP contribution is 2.31. The number of carbonyl (C=O) groups is 1. The second kappa shape index (κ2) is 5.39. The molecular formula is C14H13NO4. The van der Waals surface area contributed by atoms with E-state index in [0.717, 1.165) is 5.56 Å². The van der Waals surface area contributed by atoms with Gasteiger partial charge in [0, 0.05) is 23.4 Å². The van der Waals surface area contributed by atoms with Crippen molar-refractivity contribution in [3.05, 3.63) is 42.1 Å². The van der Waals surface area contributed by atoms with E-state index in [1.54, 1.807) is 30.5 Å². The Hall–Kier alpha value is -2.56. The molecule has 1 heterocycles. The summed E-state index contributed by atoms with van der Waals surface area (Å²) in [5, 5.41) is 9.03. The first-order valence-corrected chi connectivity index (χ1v) is 5.57. The molecule has 0 saturated carbocycles. The molecule has 0 radical (unpaired) electrons. The number of pyridine rings is 1. The first-order valence-electron chi connectivity index (χ1n) is 5.57. The second-order valence-corrected chi connectivity index (χ2v) is 3.81. The average molecular weight is 259 g/mol. The molecule has 0 atom stereocenters. The normalized spacial score (nSPS) is 10.0. The van der Waals surface area contributed by atoms with E-state index in [1.807, 2.05) is 0 Å². The summed E-state index contributed by atoms with van der Waals surface area (Å²) in [5.74, 6) is 0.111. The van der Waals surface area contributed by atoms with E-state index in [0.29, 0.717) is 17.2 Å². The van der Waals surface area contributed by atoms with Crippen molar-refractivity contribution in [3.63, 3.8) is 0 Å². The first-order chi connectivity index (χ1) is 9.15. The minimum Gasteiger partial charge on any atom is -0.496 e. The van der Waals surface area contributed by atoms with Crippen LogP contribution in [-0.4, -0.2) is 30.3 Å². The number of benzene rings is 1. The Bertz CT molecular complexity index is 593. The van der Waals surface area contributed by atoms with Gasteiger partial charge in [0.2, 0.25) is 5.88 Å². The van der Waals surface area contributed by atoms with Crippen LogP contribution in [0.25, 0.3) is 11.1 Å². The monoisotopic (exact) mass is 259 g/mol. The lowest BCUT2D eigenvalue weighted by Crippen LogP contribution is -1.98. The smallest absolute Gasteiger partial charge is 0.335 e. The molecule has 2 aromatic rings. The van der Waals surface area contributed by atoms with Crippen LogP contribution >= 0.6 is 0 Å². The van der Waals surface area contributed by atoms with Crippen molar-refractivity contribution in [1.29, 1.82) is 0 Å². The van der Waals surface area contributed by atoms with Crippen LogP contribution in [-0.2, 0) is 0 Å². The van der Waals surface area contributed by atoms with E-state index in [1.165, 1.54) is 20.3 Å². The van der Waals surface area contributed by atoms with Crippen molar-refractivity contribution in [3.8, 4) is 22.8 Å². The van der Waals surface area contributed by atoms with E-state index in [9.17, 15) is 4.79 Å². The molecule has 0 bridgehead atoms. The van der Waals surface area contributed by atoms with E-state index < -0.39 is 5.97 Å². The van der Waals surface area contributed by atoms with Gasteiger partial charge in [0.25, 0.3) is 0 Å². The van der Waals surface area contributed by atoms with Gasteiger partial charge in [-0.2, -0.15) is 0 Å². The van der Waals surface area contributed by atoms with Crippen LogP contribution in [0.15, 0.2) is 36.5 Å². The highest BCUT2D eigenvalue weighted by molar-refractivity contribution is 5.90. The number of methoxy groups -OCH3 is 2. The highest BCUT2D eigenvalue weighted by Gasteiger charge is 2.11. The van der Waals surface area contributed by atoms with Crippen LogP contribution in [0.4, 0.5) is 0 Å². The molecule has 1 N–H and O–H groups in total. The number of carboxylic acid groups (broad SMARTS) is 1. The third-order valence-electron chi connectivity index (χ3n) is 2.70. The first kappa shape index (κ1) is 12.9. The standard InChI is InChI=1S/C14H13NO4/c1-18-12-5-3-9(14(16)17)7-11(12)10-4-6-13(19-2)15-8-10/h3-8H,1-2H3,(H,16,17). The molecule has 0 spiro atoms. The average Bonchev–Trinajstić information content (AvgIpc) is 2.46. The lowest BCUT2D eigenvalue weighted by atomic mass is 10.0. The maximum atomic E-state index is 11.0. The number of hydrogen-bond donors (Lipinski definition) is 1. The fraction of sp³-hybridized carbons (Fsp3) is 0.143. The molecule has 1 aromatic heterocycles. The predicted molar refractivity (Wildman–Crippen MR) is 69.7 cm³/mol. The summed E-state index contributed by atoms with van der Waals surface area (Å²) in [4.78, 5) is 15.1. The fourth-order valence-corrected chi connectivity index (χ4v) is 1.73. The van der Waals surface area contributed by atoms with Gasteiger partial charge in [0.15, 0.2) is 0 Å². The minimum absolute atomic E-state index is 0.201. The molecule has 19 heavy (non-hydrogen) atoms. The zero-order valence-electron chi connectivity index (χ0n) is 10.6.